The molecule has 10 heteroatoms. The van der Waals surface area contributed by atoms with Gasteiger partial charge in [0.15, 0.2) is 0 Å². The molecule has 1 aliphatic carbocycles. The third kappa shape index (κ3) is 7.21. The summed E-state index contributed by atoms with van der Waals surface area (Å²) in [6.07, 6.45) is 1.96. The first-order valence-corrected chi connectivity index (χ1v) is 14.6. The minimum absolute atomic E-state index is 0.281. The molecule has 10 nitrogen and oxygen atoms in total. The molecule has 0 spiro atoms. The Balaban J connectivity index is 0.00000235. The van der Waals surface area contributed by atoms with Crippen LogP contribution in [-0.4, -0.2) is 71.8 Å². The number of nitrogens with one attached hydrogen (secondary N) is 1. The molecule has 1 amide bonds. The Morgan fingerprint density at radius 3 is 2.35 bits per heavy atom. The average Bonchev–Trinajstić information content (AvgIpc) is 3.07. The second kappa shape index (κ2) is 14.9. The van der Waals surface area contributed by atoms with Gasteiger partial charge in [-0.1, -0.05) is 18.2 Å². The molecule has 0 saturated carbocycles. The third-order valence-electron chi connectivity index (χ3n) is 7.56. The molecular formula is C36H37N5O5. The number of nitrogens with zero attached hydrogens (tertiary/aromatic N) is 4. The Morgan fingerprint density at radius 2 is 1.70 bits per heavy atom. The maximum atomic E-state index is 13.2. The van der Waals surface area contributed by atoms with Crippen LogP contribution in [0.4, 0.5) is 5.69 Å². The van der Waals surface area contributed by atoms with E-state index in [0.29, 0.717) is 35.4 Å². The van der Waals surface area contributed by atoms with Gasteiger partial charge in [0.25, 0.3) is 12.1 Å². The van der Waals surface area contributed by atoms with E-state index in [1.165, 1.54) is 13.3 Å². The topological polar surface area (TPSA) is 134 Å². The number of methoxy groups -OCH3 is 1. The van der Waals surface area contributed by atoms with Crippen molar-refractivity contribution in [2.45, 2.75) is 6.42 Å². The second-order valence-electron chi connectivity index (χ2n) is 10.9. The summed E-state index contributed by atoms with van der Waals surface area (Å²) in [4.78, 5) is 31.4. The van der Waals surface area contributed by atoms with Crippen molar-refractivity contribution in [3.05, 3.63) is 112 Å². The Morgan fingerprint density at radius 1 is 0.978 bits per heavy atom. The van der Waals surface area contributed by atoms with Crippen molar-refractivity contribution in [1.82, 2.24) is 9.89 Å². The molecule has 0 unspecified atom stereocenters. The molecule has 236 valence electrons. The number of rotatable bonds is 8. The van der Waals surface area contributed by atoms with Gasteiger partial charge in [-0.05, 0) is 60.0 Å². The molecule has 46 heavy (non-hydrogen) atoms. The first-order valence-electron chi connectivity index (χ1n) is 14.6. The lowest BCUT2D eigenvalue weighted by atomic mass is 9.89. The van der Waals surface area contributed by atoms with E-state index in [4.69, 9.17) is 19.8 Å². The Kier molecular flexibility index (Phi) is 10.8. The van der Waals surface area contributed by atoms with Gasteiger partial charge >= 0.3 is 5.97 Å². The van der Waals surface area contributed by atoms with Crippen LogP contribution >= 0.6 is 0 Å². The number of carbonyl (C=O) groups is 2. The van der Waals surface area contributed by atoms with Crippen LogP contribution in [0.2, 0.25) is 0 Å². The van der Waals surface area contributed by atoms with Crippen molar-refractivity contribution < 1.29 is 28.6 Å². The number of fused-ring (bicyclic) bond motifs is 2. The summed E-state index contributed by atoms with van der Waals surface area (Å²) < 4.78 is 13.6. The fourth-order valence-electron chi connectivity index (χ4n) is 5.16. The zero-order valence-corrected chi connectivity index (χ0v) is 26.8. The third-order valence-corrected chi connectivity index (χ3v) is 7.56. The summed E-state index contributed by atoms with van der Waals surface area (Å²) in [5, 5.41) is 13.0. The maximum Gasteiger partial charge on any atom is 0.338 e. The van der Waals surface area contributed by atoms with Crippen LogP contribution in [0.15, 0.2) is 83.3 Å². The quantitative estimate of drug-likeness (QED) is 0.0703. The Hall–Kier alpha value is -5.57. The second-order valence-corrected chi connectivity index (χ2v) is 10.9. The first kappa shape index (κ1) is 33.3. The summed E-state index contributed by atoms with van der Waals surface area (Å²) in [6, 6.07) is 24.6. The number of anilines is 1. The van der Waals surface area contributed by atoms with Crippen molar-refractivity contribution in [2.24, 2.45) is 0 Å². The molecule has 0 bridgehead atoms. The number of carbonyl (C=O) groups excluding carboxylic acids is 2. The van der Waals surface area contributed by atoms with E-state index in [1.807, 2.05) is 98.3 Å². The predicted molar refractivity (Wildman–Crippen MR) is 178 cm³/mol. The zero-order chi connectivity index (χ0) is 33.4. The van der Waals surface area contributed by atoms with Crippen LogP contribution in [0.1, 0.15) is 31.8 Å². The van der Waals surface area contributed by atoms with Gasteiger partial charge in [0.05, 0.1) is 24.3 Å². The van der Waals surface area contributed by atoms with Gasteiger partial charge in [0, 0.05) is 60.5 Å². The lowest BCUT2D eigenvalue weighted by Gasteiger charge is -2.19. The molecule has 0 fully saturated rings. The Bertz CT molecular complexity index is 1970. The molecule has 2 aliphatic rings. The predicted octanol–water partition coefficient (Wildman–Crippen LogP) is 3.69. The van der Waals surface area contributed by atoms with Crippen molar-refractivity contribution >= 4 is 34.7 Å². The van der Waals surface area contributed by atoms with E-state index in [9.17, 15) is 9.59 Å². The van der Waals surface area contributed by atoms with Crippen LogP contribution in [-0.2, 0) is 11.2 Å². The SMILES string of the molecule is COC(=O)c1cc(C(=O)NCCc2ccc(C=[N+]=[N-])cc2)ccc1-c1c2ccc(=[N+](C)C)cc-2oc2cc(N(C)C)ccc12.C[O-]. The minimum atomic E-state index is -0.543. The number of hydrogen-bond acceptors (Lipinski definition) is 6. The molecule has 0 aromatic heterocycles. The standard InChI is InChI=1S/C35H33N5O4.CH3O/c1-39(2)25-11-14-28-31(19-25)44-32-20-26(40(3)4)12-15-29(32)33(28)27-13-10-24(18-30(27)35(42)43-5)34(41)37-17-16-22-6-8-23(9-7-22)21-38-36;1-2/h6-15,18-21H,16-17H2,1-5H3;1H3/q;-1/p+1. The molecule has 5 rings (SSSR count). The highest BCUT2D eigenvalue weighted by molar-refractivity contribution is 6.09. The molecule has 1 aliphatic heterocycles. The normalized spacial score (nSPS) is 10.4. The summed E-state index contributed by atoms with van der Waals surface area (Å²) in [5.41, 5.74) is 15.1. The molecular weight excluding hydrogens is 582 g/mol. The van der Waals surface area contributed by atoms with Crippen molar-refractivity contribution in [3.63, 3.8) is 0 Å². The molecule has 1 heterocycles. The largest absolute Gasteiger partial charge is 0.857 e. The van der Waals surface area contributed by atoms with Crippen molar-refractivity contribution in [3.8, 4) is 22.5 Å². The molecule has 3 aromatic rings. The van der Waals surface area contributed by atoms with Gasteiger partial charge in [-0.2, -0.15) is 11.9 Å². The molecule has 0 saturated heterocycles. The van der Waals surface area contributed by atoms with Gasteiger partial charge in [0.2, 0.25) is 5.36 Å². The number of esters is 1. The average molecular weight is 620 g/mol. The van der Waals surface area contributed by atoms with Crippen LogP contribution in [0.25, 0.3) is 39.0 Å². The van der Waals surface area contributed by atoms with Crippen LogP contribution in [0, 0.1) is 0 Å². The van der Waals surface area contributed by atoms with Gasteiger partial charge in [-0.3, -0.25) is 4.79 Å². The number of hydrogen-bond donors (Lipinski definition) is 1. The maximum absolute atomic E-state index is 13.2. The molecule has 1 N–H and O–H groups in total. The van der Waals surface area contributed by atoms with E-state index in [-0.39, 0.29) is 11.5 Å². The summed E-state index contributed by atoms with van der Waals surface area (Å²) in [5.74, 6) is -0.170. The van der Waals surface area contributed by atoms with Gasteiger partial charge < -0.3 is 30.0 Å². The fraction of sp³-hybridized carbons (Fsp3) is 0.222. The van der Waals surface area contributed by atoms with Gasteiger partial charge in [-0.25, -0.2) is 9.37 Å². The monoisotopic (exact) mass is 619 g/mol. The molecule has 0 atom stereocenters. The van der Waals surface area contributed by atoms with E-state index in [1.54, 1.807) is 18.2 Å². The number of benzene rings is 4. The van der Waals surface area contributed by atoms with E-state index < -0.39 is 5.97 Å². The Labute approximate surface area is 267 Å². The number of amides is 1. The minimum Gasteiger partial charge on any atom is -0.857 e. The summed E-state index contributed by atoms with van der Waals surface area (Å²) in [7, 11) is 9.96. The highest BCUT2D eigenvalue weighted by atomic mass is 16.5. The first-order chi connectivity index (χ1) is 22.2. The van der Waals surface area contributed by atoms with Gasteiger partial charge in [0.1, 0.15) is 25.4 Å². The lowest BCUT2D eigenvalue weighted by Crippen LogP contribution is -2.26. The lowest BCUT2D eigenvalue weighted by molar-refractivity contribution is -0.325. The van der Waals surface area contributed by atoms with Crippen molar-refractivity contribution in [1.29, 1.82) is 0 Å². The van der Waals surface area contributed by atoms with Gasteiger partial charge in [-0.15, -0.1) is 0 Å². The van der Waals surface area contributed by atoms with Crippen molar-refractivity contribution in [2.75, 3.05) is 53.9 Å². The fourth-order valence-corrected chi connectivity index (χ4v) is 5.16. The zero-order valence-electron chi connectivity index (χ0n) is 26.8. The highest BCUT2D eigenvalue weighted by Gasteiger charge is 2.24. The smallest absolute Gasteiger partial charge is 0.338 e. The van der Waals surface area contributed by atoms with Crippen LogP contribution < -0.4 is 25.3 Å². The molecule has 0 radical (unpaired) electrons. The summed E-state index contributed by atoms with van der Waals surface area (Å²) >= 11 is 0. The van der Waals surface area contributed by atoms with Crippen LogP contribution in [0.3, 0.4) is 0 Å². The summed E-state index contributed by atoms with van der Waals surface area (Å²) in [6.45, 7) is 0.402. The van der Waals surface area contributed by atoms with E-state index in [2.05, 4.69) is 10.1 Å². The van der Waals surface area contributed by atoms with E-state index in [0.717, 1.165) is 45.8 Å². The molecule has 3 aromatic carbocycles. The van der Waals surface area contributed by atoms with Crippen LogP contribution in [0.5, 0.6) is 0 Å². The number of ether oxygens (including phenoxy) is 1. The highest BCUT2D eigenvalue weighted by Crippen LogP contribution is 2.42. The van der Waals surface area contributed by atoms with E-state index >= 15 is 0 Å².